The summed E-state index contributed by atoms with van der Waals surface area (Å²) in [5.41, 5.74) is 1.59. The van der Waals surface area contributed by atoms with Crippen molar-refractivity contribution in [3.8, 4) is 0 Å². The molecule has 1 aliphatic rings. The van der Waals surface area contributed by atoms with Crippen LogP contribution in [-0.4, -0.2) is 42.0 Å². The minimum atomic E-state index is -0.569. The molecule has 1 saturated heterocycles. The maximum Gasteiger partial charge on any atom is 0.191 e. The van der Waals surface area contributed by atoms with Crippen LogP contribution < -0.4 is 10.6 Å². The zero-order chi connectivity index (χ0) is 21.5. The molecule has 9 heteroatoms. The number of nitrogens with zero attached hydrogens (tertiary/aromatic N) is 3. The molecule has 1 fully saturated rings. The van der Waals surface area contributed by atoms with E-state index in [1.165, 1.54) is 12.1 Å². The Bertz CT molecular complexity index is 852. The second-order valence-electron chi connectivity index (χ2n) is 7.83. The van der Waals surface area contributed by atoms with Gasteiger partial charge in [-0.2, -0.15) is 0 Å². The highest BCUT2D eigenvalue weighted by Crippen LogP contribution is 2.21. The highest BCUT2D eigenvalue weighted by atomic mass is 127. The van der Waals surface area contributed by atoms with E-state index in [2.05, 4.69) is 25.9 Å². The first-order valence-electron chi connectivity index (χ1n) is 10.6. The lowest BCUT2D eigenvalue weighted by Crippen LogP contribution is -2.40. The maximum absolute atomic E-state index is 14.1. The summed E-state index contributed by atoms with van der Waals surface area (Å²) in [6.45, 7) is 10.4. The Kier molecular flexibility index (Phi) is 10.6. The highest BCUT2D eigenvalue weighted by Gasteiger charge is 2.20. The van der Waals surface area contributed by atoms with Crippen LogP contribution in [0.4, 0.5) is 8.78 Å². The molecule has 2 aromatic rings. The number of thiazole rings is 1. The molecule has 172 valence electrons. The predicted octanol–water partition coefficient (Wildman–Crippen LogP) is 4.88. The Morgan fingerprint density at radius 3 is 2.68 bits per heavy atom. The van der Waals surface area contributed by atoms with Gasteiger partial charge in [-0.3, -0.25) is 9.89 Å². The summed E-state index contributed by atoms with van der Waals surface area (Å²) in [5.74, 6) is 0.0784. The number of halogens is 3. The zero-order valence-electron chi connectivity index (χ0n) is 18.3. The lowest BCUT2D eigenvalue weighted by atomic mass is 9.97. The van der Waals surface area contributed by atoms with E-state index in [1.54, 1.807) is 11.3 Å². The van der Waals surface area contributed by atoms with Crippen LogP contribution >= 0.6 is 35.3 Å². The molecule has 31 heavy (non-hydrogen) atoms. The van der Waals surface area contributed by atoms with Gasteiger partial charge in [0.15, 0.2) is 5.96 Å². The van der Waals surface area contributed by atoms with E-state index < -0.39 is 11.6 Å². The van der Waals surface area contributed by atoms with Crippen molar-refractivity contribution in [1.82, 2.24) is 20.5 Å². The van der Waals surface area contributed by atoms with E-state index in [0.717, 1.165) is 62.3 Å². The molecule has 0 amide bonds. The van der Waals surface area contributed by atoms with Gasteiger partial charge in [-0.1, -0.05) is 6.07 Å². The molecule has 0 aliphatic carbocycles. The first-order valence-corrected chi connectivity index (χ1v) is 11.5. The molecule has 5 nitrogen and oxygen atoms in total. The summed E-state index contributed by atoms with van der Waals surface area (Å²) in [5, 5.41) is 9.72. The van der Waals surface area contributed by atoms with E-state index in [1.807, 2.05) is 20.8 Å². The van der Waals surface area contributed by atoms with Gasteiger partial charge in [0.2, 0.25) is 0 Å². The lowest BCUT2D eigenvalue weighted by Gasteiger charge is -2.31. The maximum atomic E-state index is 14.1. The van der Waals surface area contributed by atoms with Gasteiger partial charge in [-0.15, -0.1) is 35.3 Å². The molecule has 0 bridgehead atoms. The number of likely N-dealkylation sites (tertiary alicyclic amines) is 1. The molecule has 1 aliphatic heterocycles. The number of piperidine rings is 1. The number of hydrogen-bond acceptors (Lipinski definition) is 4. The van der Waals surface area contributed by atoms with Crippen LogP contribution in [0.25, 0.3) is 0 Å². The predicted molar refractivity (Wildman–Crippen MR) is 134 cm³/mol. The summed E-state index contributed by atoms with van der Waals surface area (Å²) in [7, 11) is 0. The SMILES string of the molecule is CCNC(=NCC1CCN(Cc2csc(C)n2)CC1)NC(C)c1ccc(F)cc1F.I. The Balaban J connectivity index is 0.00000341. The fourth-order valence-corrected chi connectivity index (χ4v) is 4.32. The van der Waals surface area contributed by atoms with Crippen molar-refractivity contribution in [3.63, 3.8) is 0 Å². The summed E-state index contributed by atoms with van der Waals surface area (Å²) < 4.78 is 27.2. The van der Waals surface area contributed by atoms with Crippen molar-refractivity contribution < 1.29 is 8.78 Å². The van der Waals surface area contributed by atoms with Crippen LogP contribution in [0.2, 0.25) is 0 Å². The van der Waals surface area contributed by atoms with Crippen LogP contribution in [-0.2, 0) is 6.54 Å². The average Bonchev–Trinajstić information content (AvgIpc) is 3.12. The molecule has 3 rings (SSSR count). The molecule has 0 spiro atoms. The van der Waals surface area contributed by atoms with Crippen molar-refractivity contribution in [2.75, 3.05) is 26.2 Å². The van der Waals surface area contributed by atoms with Crippen LogP contribution in [0.1, 0.15) is 49.0 Å². The molecule has 2 heterocycles. The van der Waals surface area contributed by atoms with Gasteiger partial charge in [-0.05, 0) is 58.7 Å². The van der Waals surface area contributed by atoms with Gasteiger partial charge in [0.05, 0.1) is 16.7 Å². The van der Waals surface area contributed by atoms with Crippen molar-refractivity contribution in [3.05, 3.63) is 51.5 Å². The first kappa shape index (κ1) is 25.9. The highest BCUT2D eigenvalue weighted by molar-refractivity contribution is 14.0. The van der Waals surface area contributed by atoms with Crippen LogP contribution in [0.3, 0.4) is 0 Å². The fraction of sp³-hybridized carbons (Fsp3) is 0.545. The summed E-state index contributed by atoms with van der Waals surface area (Å²) in [6.07, 6.45) is 2.21. The van der Waals surface area contributed by atoms with Crippen LogP contribution in [0, 0.1) is 24.5 Å². The van der Waals surface area contributed by atoms with Gasteiger partial charge in [-0.25, -0.2) is 13.8 Å². The number of guanidine groups is 1. The Labute approximate surface area is 204 Å². The molecule has 1 aromatic carbocycles. The third-order valence-electron chi connectivity index (χ3n) is 5.39. The van der Waals surface area contributed by atoms with E-state index in [9.17, 15) is 8.78 Å². The van der Waals surface area contributed by atoms with E-state index in [0.29, 0.717) is 17.4 Å². The number of rotatable bonds is 7. The van der Waals surface area contributed by atoms with E-state index in [4.69, 9.17) is 4.99 Å². The molecular formula is C22H32F2IN5S. The van der Waals surface area contributed by atoms with Gasteiger partial charge in [0, 0.05) is 36.6 Å². The van der Waals surface area contributed by atoms with Crippen LogP contribution in [0.5, 0.6) is 0 Å². The third-order valence-corrected chi connectivity index (χ3v) is 6.22. The van der Waals surface area contributed by atoms with E-state index >= 15 is 0 Å². The first-order chi connectivity index (χ1) is 14.4. The monoisotopic (exact) mass is 563 g/mol. The molecule has 1 atom stereocenters. The van der Waals surface area contributed by atoms with Gasteiger partial charge in [0.1, 0.15) is 11.6 Å². The Morgan fingerprint density at radius 1 is 1.32 bits per heavy atom. The van der Waals surface area contributed by atoms with Crippen molar-refractivity contribution in [2.24, 2.45) is 10.9 Å². The molecule has 2 N–H and O–H groups in total. The van der Waals surface area contributed by atoms with Gasteiger partial charge >= 0.3 is 0 Å². The number of benzene rings is 1. The largest absolute Gasteiger partial charge is 0.357 e. The summed E-state index contributed by atoms with van der Waals surface area (Å²) in [6, 6.07) is 3.36. The summed E-state index contributed by atoms with van der Waals surface area (Å²) in [4.78, 5) is 11.7. The number of nitrogens with one attached hydrogen (secondary N) is 2. The van der Waals surface area contributed by atoms with Crippen molar-refractivity contribution >= 4 is 41.3 Å². The minimum Gasteiger partial charge on any atom is -0.357 e. The van der Waals surface area contributed by atoms with Gasteiger partial charge < -0.3 is 10.6 Å². The second kappa shape index (κ2) is 12.6. The average molecular weight is 564 g/mol. The van der Waals surface area contributed by atoms with Crippen molar-refractivity contribution in [1.29, 1.82) is 0 Å². The smallest absolute Gasteiger partial charge is 0.191 e. The number of aryl methyl sites for hydroxylation is 1. The molecular weight excluding hydrogens is 531 g/mol. The number of aromatic nitrogens is 1. The number of aliphatic imine (C=N–C) groups is 1. The standard InChI is InChI=1S/C22H31F2N5S.HI/c1-4-25-22(27-15(2)20-6-5-18(23)11-21(20)24)26-12-17-7-9-29(10-8-17)13-19-14-30-16(3)28-19;/h5-6,11,14-15,17H,4,7-10,12-13H2,1-3H3,(H2,25,26,27);1H. The normalized spacial score (nSPS) is 16.6. The summed E-state index contributed by atoms with van der Waals surface area (Å²) >= 11 is 1.70. The Morgan fingerprint density at radius 2 is 2.06 bits per heavy atom. The molecule has 1 aromatic heterocycles. The second-order valence-corrected chi connectivity index (χ2v) is 8.89. The number of hydrogen-bond donors (Lipinski definition) is 2. The molecule has 1 unspecified atom stereocenters. The Hall–Kier alpha value is -1.33. The van der Waals surface area contributed by atoms with E-state index in [-0.39, 0.29) is 30.0 Å². The molecule has 0 saturated carbocycles. The quantitative estimate of drug-likeness (QED) is 0.287. The minimum absolute atomic E-state index is 0. The fourth-order valence-electron chi connectivity index (χ4n) is 3.71. The zero-order valence-corrected chi connectivity index (χ0v) is 21.5. The van der Waals surface area contributed by atoms with Gasteiger partial charge in [0.25, 0.3) is 0 Å². The topological polar surface area (TPSA) is 52.6 Å². The third kappa shape index (κ3) is 7.94. The lowest BCUT2D eigenvalue weighted by molar-refractivity contribution is 0.179. The van der Waals surface area contributed by atoms with Crippen molar-refractivity contribution in [2.45, 2.75) is 46.2 Å². The van der Waals surface area contributed by atoms with Crippen LogP contribution in [0.15, 0.2) is 28.6 Å². The molecule has 0 radical (unpaired) electrons.